The molecular weight excluding hydrogens is 356 g/mol. The van der Waals surface area contributed by atoms with E-state index in [0.29, 0.717) is 12.1 Å². The summed E-state index contributed by atoms with van der Waals surface area (Å²) in [4.78, 5) is 24.0. The number of anilines is 1. The van der Waals surface area contributed by atoms with E-state index in [-0.39, 0.29) is 18.2 Å². The van der Waals surface area contributed by atoms with E-state index in [9.17, 15) is 9.59 Å². The Morgan fingerprint density at radius 1 is 1.04 bits per heavy atom. The van der Waals surface area contributed by atoms with Crippen LogP contribution in [-0.4, -0.2) is 18.4 Å². The van der Waals surface area contributed by atoms with Gasteiger partial charge in [0.25, 0.3) is 5.91 Å². The van der Waals surface area contributed by atoms with Gasteiger partial charge in [-0.25, -0.2) is 0 Å². The van der Waals surface area contributed by atoms with Crippen molar-refractivity contribution >= 4 is 33.4 Å². The maximum Gasteiger partial charge on any atom is 0.251 e. The Morgan fingerprint density at radius 2 is 1.78 bits per heavy atom. The largest absolute Gasteiger partial charge is 0.352 e. The molecule has 0 spiro atoms. The molecule has 0 saturated heterocycles. The quantitative estimate of drug-likeness (QED) is 0.835. The van der Waals surface area contributed by atoms with E-state index in [1.54, 1.807) is 6.07 Å². The number of nitrogens with one attached hydrogen (secondary N) is 2. The van der Waals surface area contributed by atoms with Gasteiger partial charge in [0.05, 0.1) is 0 Å². The highest BCUT2D eigenvalue weighted by Gasteiger charge is 2.09. The number of carbonyl (C=O) groups is 2. The predicted octanol–water partition coefficient (Wildman–Crippen LogP) is 3.82. The van der Waals surface area contributed by atoms with Crippen LogP contribution in [0.5, 0.6) is 0 Å². The second kappa shape index (κ2) is 7.92. The van der Waals surface area contributed by atoms with Gasteiger partial charge in [0.1, 0.15) is 0 Å². The Balaban J connectivity index is 1.83. The molecule has 0 unspecified atom stereocenters. The second-order valence-electron chi connectivity index (χ2n) is 5.33. The molecular formula is C18H19BrN2O2. The zero-order valence-electron chi connectivity index (χ0n) is 13.2. The minimum atomic E-state index is -0.157. The van der Waals surface area contributed by atoms with Crippen molar-refractivity contribution in [2.45, 2.75) is 20.3 Å². The van der Waals surface area contributed by atoms with Gasteiger partial charge in [0.15, 0.2) is 0 Å². The lowest BCUT2D eigenvalue weighted by atomic mass is 10.1. The highest BCUT2D eigenvalue weighted by atomic mass is 79.9. The smallest absolute Gasteiger partial charge is 0.251 e. The summed E-state index contributed by atoms with van der Waals surface area (Å²) in [6.45, 7) is 4.12. The second-order valence-corrected chi connectivity index (χ2v) is 6.24. The van der Waals surface area contributed by atoms with Gasteiger partial charge in [0, 0.05) is 28.7 Å². The van der Waals surface area contributed by atoms with Gasteiger partial charge in [-0.3, -0.25) is 9.59 Å². The molecule has 0 aromatic heterocycles. The molecule has 2 amide bonds. The number of carbonyl (C=O) groups excluding carboxylic acids is 2. The van der Waals surface area contributed by atoms with Crippen molar-refractivity contribution in [2.75, 3.05) is 11.9 Å². The number of halogens is 1. The van der Waals surface area contributed by atoms with Crippen molar-refractivity contribution in [3.05, 3.63) is 63.6 Å². The van der Waals surface area contributed by atoms with Gasteiger partial charge >= 0.3 is 0 Å². The zero-order valence-corrected chi connectivity index (χ0v) is 14.7. The monoisotopic (exact) mass is 374 g/mol. The molecule has 0 aliphatic heterocycles. The van der Waals surface area contributed by atoms with Gasteiger partial charge in [-0.05, 0) is 49.2 Å². The van der Waals surface area contributed by atoms with Crippen LogP contribution in [0, 0.1) is 13.8 Å². The van der Waals surface area contributed by atoms with Gasteiger partial charge in [-0.1, -0.05) is 34.1 Å². The fourth-order valence-corrected chi connectivity index (χ4v) is 2.67. The standard InChI is InChI=1S/C18H19BrN2O2/c1-12-5-3-4-6-15(12)18(23)20-10-9-17(22)21-16-8-7-14(19)11-13(16)2/h3-8,11H,9-10H2,1-2H3,(H,20,23)(H,21,22). The van der Waals surface area contributed by atoms with Crippen molar-refractivity contribution in [2.24, 2.45) is 0 Å². The molecule has 0 aliphatic rings. The first-order valence-electron chi connectivity index (χ1n) is 7.37. The summed E-state index contributed by atoms with van der Waals surface area (Å²) in [6, 6.07) is 13.0. The number of amides is 2. The lowest BCUT2D eigenvalue weighted by Crippen LogP contribution is -2.28. The SMILES string of the molecule is Cc1cc(Br)ccc1NC(=O)CCNC(=O)c1ccccc1C. The van der Waals surface area contributed by atoms with Gasteiger partial charge in [0.2, 0.25) is 5.91 Å². The van der Waals surface area contributed by atoms with Crippen molar-refractivity contribution < 1.29 is 9.59 Å². The van der Waals surface area contributed by atoms with E-state index >= 15 is 0 Å². The van der Waals surface area contributed by atoms with Crippen molar-refractivity contribution in [1.82, 2.24) is 5.32 Å². The summed E-state index contributed by atoms with van der Waals surface area (Å²) in [5.41, 5.74) is 3.32. The van der Waals surface area contributed by atoms with E-state index in [4.69, 9.17) is 0 Å². The maximum atomic E-state index is 12.0. The average molecular weight is 375 g/mol. The van der Waals surface area contributed by atoms with E-state index in [0.717, 1.165) is 21.3 Å². The van der Waals surface area contributed by atoms with Crippen LogP contribution in [0.25, 0.3) is 0 Å². The summed E-state index contributed by atoms with van der Waals surface area (Å²) >= 11 is 3.39. The number of hydrogen-bond donors (Lipinski definition) is 2. The van der Waals surface area contributed by atoms with Crippen molar-refractivity contribution in [3.8, 4) is 0 Å². The molecule has 2 aromatic carbocycles. The molecule has 0 bridgehead atoms. The summed E-state index contributed by atoms with van der Waals surface area (Å²) < 4.78 is 0.971. The first-order chi connectivity index (χ1) is 11.0. The van der Waals surface area contributed by atoms with E-state index < -0.39 is 0 Å². The molecule has 2 N–H and O–H groups in total. The third-order valence-corrected chi connectivity index (χ3v) is 3.98. The van der Waals surface area contributed by atoms with Crippen LogP contribution in [0.1, 0.15) is 27.9 Å². The molecule has 0 heterocycles. The fraction of sp³-hybridized carbons (Fsp3) is 0.222. The summed E-state index contributed by atoms with van der Waals surface area (Å²) in [5.74, 6) is -0.281. The van der Waals surface area contributed by atoms with Gasteiger partial charge in [-0.15, -0.1) is 0 Å². The van der Waals surface area contributed by atoms with Crippen molar-refractivity contribution in [3.63, 3.8) is 0 Å². The Morgan fingerprint density at radius 3 is 2.48 bits per heavy atom. The molecule has 5 heteroatoms. The molecule has 2 aromatic rings. The topological polar surface area (TPSA) is 58.2 Å². The Bertz CT molecular complexity index is 729. The van der Waals surface area contributed by atoms with Crippen LogP contribution in [-0.2, 0) is 4.79 Å². The lowest BCUT2D eigenvalue weighted by molar-refractivity contribution is -0.116. The molecule has 0 fully saturated rings. The highest BCUT2D eigenvalue weighted by Crippen LogP contribution is 2.20. The summed E-state index contributed by atoms with van der Waals surface area (Å²) in [6.07, 6.45) is 0.229. The molecule has 23 heavy (non-hydrogen) atoms. The first-order valence-corrected chi connectivity index (χ1v) is 8.16. The molecule has 4 nitrogen and oxygen atoms in total. The third-order valence-electron chi connectivity index (χ3n) is 3.49. The van der Waals surface area contributed by atoms with Crippen LogP contribution < -0.4 is 10.6 Å². The number of benzene rings is 2. The molecule has 2 rings (SSSR count). The van der Waals surface area contributed by atoms with Crippen LogP contribution in [0.15, 0.2) is 46.9 Å². The summed E-state index contributed by atoms with van der Waals surface area (Å²) in [7, 11) is 0. The van der Waals surface area contributed by atoms with E-state index in [2.05, 4.69) is 26.6 Å². The molecule has 0 saturated carbocycles. The minimum absolute atomic E-state index is 0.125. The number of hydrogen-bond acceptors (Lipinski definition) is 2. The fourth-order valence-electron chi connectivity index (χ4n) is 2.19. The minimum Gasteiger partial charge on any atom is -0.352 e. The lowest BCUT2D eigenvalue weighted by Gasteiger charge is -2.10. The summed E-state index contributed by atoms with van der Waals surface area (Å²) in [5, 5.41) is 5.62. The van der Waals surface area contributed by atoms with Crippen LogP contribution in [0.2, 0.25) is 0 Å². The third kappa shape index (κ3) is 4.93. The predicted molar refractivity (Wildman–Crippen MR) is 95.6 cm³/mol. The Labute approximate surface area is 144 Å². The maximum absolute atomic E-state index is 12.0. The van der Waals surface area contributed by atoms with Crippen LogP contribution in [0.4, 0.5) is 5.69 Å². The molecule has 0 radical (unpaired) electrons. The average Bonchev–Trinajstić information content (AvgIpc) is 2.50. The van der Waals surface area contributed by atoms with Gasteiger partial charge < -0.3 is 10.6 Å². The molecule has 0 atom stereocenters. The zero-order chi connectivity index (χ0) is 16.8. The van der Waals surface area contributed by atoms with Crippen molar-refractivity contribution in [1.29, 1.82) is 0 Å². The molecule has 120 valence electrons. The van der Waals surface area contributed by atoms with Crippen LogP contribution >= 0.6 is 15.9 Å². The Hall–Kier alpha value is -2.14. The number of aryl methyl sites for hydroxylation is 2. The van der Waals surface area contributed by atoms with Gasteiger partial charge in [-0.2, -0.15) is 0 Å². The first kappa shape index (κ1) is 17.2. The number of rotatable bonds is 5. The van der Waals surface area contributed by atoms with Crippen LogP contribution in [0.3, 0.4) is 0 Å². The normalized spacial score (nSPS) is 10.2. The van der Waals surface area contributed by atoms with E-state index in [1.165, 1.54) is 0 Å². The van der Waals surface area contributed by atoms with E-state index in [1.807, 2.05) is 50.2 Å². The molecule has 0 aliphatic carbocycles. The Kier molecular flexibility index (Phi) is 5.93. The highest BCUT2D eigenvalue weighted by molar-refractivity contribution is 9.10.